The molecule has 1 amide bonds. The molecule has 114 valence electrons. The maximum Gasteiger partial charge on any atom is 0.420 e. The molecule has 0 aliphatic rings. The van der Waals surface area contributed by atoms with Gasteiger partial charge in [-0.3, -0.25) is 9.36 Å². The van der Waals surface area contributed by atoms with Crippen LogP contribution in [0.2, 0.25) is 0 Å². The van der Waals surface area contributed by atoms with Gasteiger partial charge in [-0.15, -0.1) is 11.3 Å². The van der Waals surface area contributed by atoms with Crippen LogP contribution < -0.4 is 5.76 Å². The van der Waals surface area contributed by atoms with Gasteiger partial charge in [0.1, 0.15) is 6.54 Å². The highest BCUT2D eigenvalue weighted by Gasteiger charge is 2.17. The summed E-state index contributed by atoms with van der Waals surface area (Å²) < 4.78 is 6.54. The van der Waals surface area contributed by atoms with Crippen LogP contribution in [-0.4, -0.2) is 21.9 Å². The number of para-hydroxylation sites is 2. The molecule has 0 saturated heterocycles. The number of likely N-dealkylation sites (N-methyl/N-ethyl adjacent to an activating group) is 1. The van der Waals surface area contributed by atoms with Crippen molar-refractivity contribution in [1.82, 2.24) is 9.47 Å². The number of rotatable bonds is 5. The molecule has 3 aromatic rings. The van der Waals surface area contributed by atoms with Gasteiger partial charge in [-0.2, -0.15) is 0 Å². The van der Waals surface area contributed by atoms with E-state index in [1.165, 1.54) is 4.57 Å². The fourth-order valence-corrected chi connectivity index (χ4v) is 3.09. The number of aromatic nitrogens is 1. The Morgan fingerprint density at radius 2 is 2.09 bits per heavy atom. The highest BCUT2D eigenvalue weighted by Crippen LogP contribution is 2.14. The van der Waals surface area contributed by atoms with E-state index in [1.807, 2.05) is 30.5 Å². The van der Waals surface area contributed by atoms with E-state index < -0.39 is 5.76 Å². The number of amides is 1. The molecule has 3 rings (SSSR count). The molecule has 0 N–H and O–H groups in total. The van der Waals surface area contributed by atoms with Crippen LogP contribution in [0.1, 0.15) is 11.8 Å². The number of carbonyl (C=O) groups excluding carboxylic acids is 1. The Balaban J connectivity index is 1.82. The number of hydrogen-bond acceptors (Lipinski definition) is 4. The van der Waals surface area contributed by atoms with Crippen molar-refractivity contribution in [2.75, 3.05) is 6.54 Å². The lowest BCUT2D eigenvalue weighted by Gasteiger charge is -2.20. The summed E-state index contributed by atoms with van der Waals surface area (Å²) >= 11 is 1.62. The van der Waals surface area contributed by atoms with E-state index in [1.54, 1.807) is 34.4 Å². The van der Waals surface area contributed by atoms with E-state index in [-0.39, 0.29) is 12.5 Å². The summed E-state index contributed by atoms with van der Waals surface area (Å²) in [7, 11) is 0. The van der Waals surface area contributed by atoms with Gasteiger partial charge in [0, 0.05) is 11.4 Å². The van der Waals surface area contributed by atoms with E-state index >= 15 is 0 Å². The van der Waals surface area contributed by atoms with Crippen molar-refractivity contribution < 1.29 is 9.21 Å². The third-order valence-corrected chi connectivity index (χ3v) is 4.39. The molecule has 2 heterocycles. The predicted molar refractivity (Wildman–Crippen MR) is 85.9 cm³/mol. The van der Waals surface area contributed by atoms with Crippen LogP contribution >= 0.6 is 11.3 Å². The number of oxazole rings is 1. The Labute approximate surface area is 131 Å². The second-order valence-corrected chi connectivity index (χ2v) is 5.94. The molecule has 2 aromatic heterocycles. The van der Waals surface area contributed by atoms with Crippen LogP contribution in [0.25, 0.3) is 11.1 Å². The zero-order valence-corrected chi connectivity index (χ0v) is 13.0. The van der Waals surface area contributed by atoms with Gasteiger partial charge in [0.25, 0.3) is 0 Å². The Bertz CT molecular complexity index is 833. The molecular weight excluding hydrogens is 300 g/mol. The minimum absolute atomic E-state index is 0.00490. The average Bonchev–Trinajstić information content (AvgIpc) is 3.13. The SMILES string of the molecule is CCN(Cc1cccs1)C(=O)Cn1c(=O)oc2ccccc21. The van der Waals surface area contributed by atoms with E-state index in [0.29, 0.717) is 24.2 Å². The highest BCUT2D eigenvalue weighted by atomic mass is 32.1. The summed E-state index contributed by atoms with van der Waals surface area (Å²) in [5.74, 6) is -0.591. The third-order valence-electron chi connectivity index (χ3n) is 3.53. The summed E-state index contributed by atoms with van der Waals surface area (Å²) in [6, 6.07) is 11.1. The largest absolute Gasteiger partial charge is 0.420 e. The number of nitrogens with zero attached hydrogens (tertiary/aromatic N) is 2. The van der Waals surface area contributed by atoms with Crippen molar-refractivity contribution in [2.24, 2.45) is 0 Å². The standard InChI is InChI=1S/C16H16N2O3S/c1-2-17(10-12-6-5-9-22-12)15(19)11-18-13-7-3-4-8-14(13)21-16(18)20/h3-9H,2,10-11H2,1H3. The fraction of sp³-hybridized carbons (Fsp3) is 0.250. The van der Waals surface area contributed by atoms with Gasteiger partial charge < -0.3 is 9.32 Å². The molecule has 0 fully saturated rings. The van der Waals surface area contributed by atoms with Gasteiger partial charge in [0.05, 0.1) is 12.1 Å². The first-order valence-corrected chi connectivity index (χ1v) is 7.95. The minimum Gasteiger partial charge on any atom is -0.408 e. The first kappa shape index (κ1) is 14.6. The van der Waals surface area contributed by atoms with Crippen molar-refractivity contribution in [2.45, 2.75) is 20.0 Å². The lowest BCUT2D eigenvalue weighted by Crippen LogP contribution is -2.35. The van der Waals surface area contributed by atoms with Crippen LogP contribution in [0.15, 0.2) is 51.0 Å². The molecule has 0 aliphatic carbocycles. The maximum absolute atomic E-state index is 12.5. The Morgan fingerprint density at radius 3 is 2.82 bits per heavy atom. The maximum atomic E-state index is 12.5. The van der Waals surface area contributed by atoms with E-state index in [4.69, 9.17) is 4.42 Å². The molecule has 0 unspecified atom stereocenters. The molecule has 0 bridgehead atoms. The molecule has 0 spiro atoms. The van der Waals surface area contributed by atoms with Gasteiger partial charge in [-0.25, -0.2) is 4.79 Å². The number of carbonyl (C=O) groups is 1. The lowest BCUT2D eigenvalue weighted by molar-refractivity contribution is -0.132. The molecule has 0 atom stereocenters. The van der Waals surface area contributed by atoms with Gasteiger partial charge in [0.2, 0.25) is 5.91 Å². The number of hydrogen-bond donors (Lipinski definition) is 0. The van der Waals surface area contributed by atoms with E-state index in [2.05, 4.69) is 0 Å². The molecule has 0 saturated carbocycles. The molecule has 0 radical (unpaired) electrons. The summed E-state index contributed by atoms with van der Waals surface area (Å²) in [5, 5.41) is 1.99. The van der Waals surface area contributed by atoms with Crippen molar-refractivity contribution in [3.63, 3.8) is 0 Å². The monoisotopic (exact) mass is 316 g/mol. The summed E-state index contributed by atoms with van der Waals surface area (Å²) in [6.45, 7) is 3.09. The van der Waals surface area contributed by atoms with Crippen LogP contribution in [-0.2, 0) is 17.9 Å². The number of fused-ring (bicyclic) bond motifs is 1. The normalized spacial score (nSPS) is 11.0. The Kier molecular flexibility index (Phi) is 4.11. The molecule has 22 heavy (non-hydrogen) atoms. The number of benzene rings is 1. The molecular formula is C16H16N2O3S. The van der Waals surface area contributed by atoms with Gasteiger partial charge >= 0.3 is 5.76 Å². The van der Waals surface area contributed by atoms with Crippen molar-refractivity contribution >= 4 is 28.3 Å². The second kappa shape index (κ2) is 6.19. The van der Waals surface area contributed by atoms with Crippen LogP contribution in [0.5, 0.6) is 0 Å². The second-order valence-electron chi connectivity index (χ2n) is 4.91. The lowest BCUT2D eigenvalue weighted by atomic mass is 10.3. The van der Waals surface area contributed by atoms with Gasteiger partial charge in [-0.1, -0.05) is 18.2 Å². The molecule has 5 nitrogen and oxygen atoms in total. The summed E-state index contributed by atoms with van der Waals surface area (Å²) in [4.78, 5) is 27.3. The number of thiophene rings is 1. The molecule has 0 aliphatic heterocycles. The topological polar surface area (TPSA) is 55.5 Å². The molecule has 6 heteroatoms. The Morgan fingerprint density at radius 1 is 1.27 bits per heavy atom. The van der Waals surface area contributed by atoms with Gasteiger partial charge in [-0.05, 0) is 30.5 Å². The average molecular weight is 316 g/mol. The third kappa shape index (κ3) is 2.82. The summed E-state index contributed by atoms with van der Waals surface area (Å²) in [5.41, 5.74) is 1.15. The van der Waals surface area contributed by atoms with Crippen LogP contribution in [0.4, 0.5) is 0 Å². The van der Waals surface area contributed by atoms with E-state index in [0.717, 1.165) is 4.88 Å². The van der Waals surface area contributed by atoms with Gasteiger partial charge in [0.15, 0.2) is 5.58 Å². The van der Waals surface area contributed by atoms with E-state index in [9.17, 15) is 9.59 Å². The zero-order chi connectivity index (χ0) is 15.5. The van der Waals surface area contributed by atoms with Crippen molar-refractivity contribution in [3.05, 3.63) is 57.2 Å². The fourth-order valence-electron chi connectivity index (χ4n) is 2.37. The Hall–Kier alpha value is -2.34. The highest BCUT2D eigenvalue weighted by molar-refractivity contribution is 7.09. The van der Waals surface area contributed by atoms with Crippen LogP contribution in [0.3, 0.4) is 0 Å². The van der Waals surface area contributed by atoms with Crippen molar-refractivity contribution in [3.8, 4) is 0 Å². The van der Waals surface area contributed by atoms with Crippen molar-refractivity contribution in [1.29, 1.82) is 0 Å². The minimum atomic E-state index is -0.498. The quantitative estimate of drug-likeness (QED) is 0.727. The first-order chi connectivity index (χ1) is 10.7. The van der Waals surface area contributed by atoms with Crippen LogP contribution in [0, 0.1) is 0 Å². The molecule has 1 aromatic carbocycles. The smallest absolute Gasteiger partial charge is 0.408 e. The zero-order valence-electron chi connectivity index (χ0n) is 12.2. The summed E-state index contributed by atoms with van der Waals surface area (Å²) in [6.07, 6.45) is 0. The predicted octanol–water partition coefficient (Wildman–Crippen LogP) is 2.70. The first-order valence-electron chi connectivity index (χ1n) is 7.07.